The fraction of sp³-hybridized carbons (Fsp3) is 1.00. The summed E-state index contributed by atoms with van der Waals surface area (Å²) in [6.07, 6.45) is 4.91. The van der Waals surface area contributed by atoms with Gasteiger partial charge in [-0.1, -0.05) is 20.3 Å². The smallest absolute Gasteiger partial charge is 0.0692 e. The highest BCUT2D eigenvalue weighted by Gasteiger charge is 2.29. The minimum Gasteiger partial charge on any atom is -0.392 e. The van der Waals surface area contributed by atoms with E-state index in [9.17, 15) is 5.11 Å². The summed E-state index contributed by atoms with van der Waals surface area (Å²) in [4.78, 5) is 0. The molecule has 0 bridgehead atoms. The Hall–Kier alpha value is -0.0800. The molecular formula is C11H23NO. The zero-order chi connectivity index (χ0) is 9.68. The summed E-state index contributed by atoms with van der Waals surface area (Å²) in [5.41, 5.74) is 0. The molecule has 2 nitrogen and oxygen atoms in total. The van der Waals surface area contributed by atoms with Crippen molar-refractivity contribution < 1.29 is 5.11 Å². The van der Waals surface area contributed by atoms with E-state index < -0.39 is 0 Å². The molecule has 1 aliphatic rings. The van der Waals surface area contributed by atoms with Crippen LogP contribution in [0.15, 0.2) is 0 Å². The van der Waals surface area contributed by atoms with E-state index in [-0.39, 0.29) is 6.10 Å². The van der Waals surface area contributed by atoms with Gasteiger partial charge in [-0.05, 0) is 37.6 Å². The van der Waals surface area contributed by atoms with E-state index in [0.717, 1.165) is 19.0 Å². The lowest BCUT2D eigenvalue weighted by molar-refractivity contribution is 0.147. The summed E-state index contributed by atoms with van der Waals surface area (Å²) in [7, 11) is 0. The molecule has 0 heterocycles. The molecule has 78 valence electrons. The summed E-state index contributed by atoms with van der Waals surface area (Å²) >= 11 is 0. The molecule has 0 amide bonds. The second kappa shape index (κ2) is 5.61. The van der Waals surface area contributed by atoms with Crippen LogP contribution in [0.3, 0.4) is 0 Å². The van der Waals surface area contributed by atoms with Gasteiger partial charge in [0, 0.05) is 6.54 Å². The molecule has 0 radical (unpaired) electrons. The molecule has 0 aromatic rings. The lowest BCUT2D eigenvalue weighted by atomic mass is 10.1. The van der Waals surface area contributed by atoms with Crippen molar-refractivity contribution >= 4 is 0 Å². The lowest BCUT2D eigenvalue weighted by Gasteiger charge is -2.14. The monoisotopic (exact) mass is 185 g/mol. The Bertz CT molecular complexity index is 134. The van der Waals surface area contributed by atoms with Gasteiger partial charge in [0.25, 0.3) is 0 Å². The van der Waals surface area contributed by atoms with E-state index in [1.807, 2.05) is 0 Å². The Labute approximate surface area is 81.7 Å². The Morgan fingerprint density at radius 2 is 2.08 bits per heavy atom. The molecule has 13 heavy (non-hydrogen) atoms. The van der Waals surface area contributed by atoms with Crippen molar-refractivity contribution in [2.24, 2.45) is 11.8 Å². The van der Waals surface area contributed by atoms with Gasteiger partial charge < -0.3 is 10.4 Å². The van der Waals surface area contributed by atoms with Crippen molar-refractivity contribution in [3.05, 3.63) is 0 Å². The van der Waals surface area contributed by atoms with E-state index in [1.54, 1.807) is 0 Å². The van der Waals surface area contributed by atoms with E-state index in [2.05, 4.69) is 19.2 Å². The topological polar surface area (TPSA) is 32.3 Å². The summed E-state index contributed by atoms with van der Waals surface area (Å²) in [6.45, 7) is 6.33. The highest BCUT2D eigenvalue weighted by molar-refractivity contribution is 4.82. The predicted molar refractivity (Wildman–Crippen MR) is 55.7 cm³/mol. The Kier molecular flexibility index (Phi) is 4.74. The van der Waals surface area contributed by atoms with Crippen molar-refractivity contribution in [1.82, 2.24) is 5.32 Å². The molecule has 0 aromatic carbocycles. The zero-order valence-corrected chi connectivity index (χ0v) is 8.92. The molecule has 2 N–H and O–H groups in total. The quantitative estimate of drug-likeness (QED) is 0.633. The van der Waals surface area contributed by atoms with Crippen LogP contribution in [0.4, 0.5) is 0 Å². The summed E-state index contributed by atoms with van der Waals surface area (Å²) in [5.74, 6) is 1.35. The zero-order valence-electron chi connectivity index (χ0n) is 8.92. The Balaban J connectivity index is 1.92. The third-order valence-electron chi connectivity index (χ3n) is 2.79. The molecule has 1 fully saturated rings. The standard InChI is InChI=1S/C11H23NO/c1-3-4-9(2)7-12-8-11(13)10-5-6-10/h9-13H,3-8H2,1-2H3. The molecule has 1 rings (SSSR count). The SMILES string of the molecule is CCCC(C)CNCC(O)C1CC1. The highest BCUT2D eigenvalue weighted by Crippen LogP contribution is 2.32. The van der Waals surface area contributed by atoms with Gasteiger partial charge in [-0.2, -0.15) is 0 Å². The van der Waals surface area contributed by atoms with Crippen LogP contribution < -0.4 is 5.32 Å². The van der Waals surface area contributed by atoms with Crippen molar-refractivity contribution in [3.8, 4) is 0 Å². The maximum Gasteiger partial charge on any atom is 0.0692 e. The maximum atomic E-state index is 9.57. The number of aliphatic hydroxyl groups excluding tert-OH is 1. The molecule has 0 saturated heterocycles. The maximum absolute atomic E-state index is 9.57. The van der Waals surface area contributed by atoms with Gasteiger partial charge in [-0.25, -0.2) is 0 Å². The molecule has 2 heteroatoms. The molecule has 2 atom stereocenters. The summed E-state index contributed by atoms with van der Waals surface area (Å²) < 4.78 is 0. The van der Waals surface area contributed by atoms with Gasteiger partial charge >= 0.3 is 0 Å². The number of rotatable bonds is 7. The fourth-order valence-corrected chi connectivity index (χ4v) is 1.72. The van der Waals surface area contributed by atoms with Crippen LogP contribution >= 0.6 is 0 Å². The molecule has 0 aliphatic heterocycles. The van der Waals surface area contributed by atoms with Gasteiger partial charge in [0.2, 0.25) is 0 Å². The first-order chi connectivity index (χ1) is 6.24. The third-order valence-corrected chi connectivity index (χ3v) is 2.79. The number of aliphatic hydroxyl groups is 1. The minimum atomic E-state index is -0.0890. The lowest BCUT2D eigenvalue weighted by Crippen LogP contribution is -2.31. The van der Waals surface area contributed by atoms with Crippen LogP contribution in [-0.2, 0) is 0 Å². The Morgan fingerprint density at radius 3 is 2.62 bits per heavy atom. The normalized spacial score (nSPS) is 21.5. The van der Waals surface area contributed by atoms with E-state index in [0.29, 0.717) is 5.92 Å². The number of hydrogen-bond donors (Lipinski definition) is 2. The first-order valence-corrected chi connectivity index (χ1v) is 5.62. The largest absolute Gasteiger partial charge is 0.392 e. The number of nitrogens with one attached hydrogen (secondary N) is 1. The highest BCUT2D eigenvalue weighted by atomic mass is 16.3. The van der Waals surface area contributed by atoms with Gasteiger partial charge in [0.05, 0.1) is 6.10 Å². The minimum absolute atomic E-state index is 0.0890. The second-order valence-corrected chi connectivity index (χ2v) is 4.46. The average Bonchev–Trinajstić information content (AvgIpc) is 2.86. The van der Waals surface area contributed by atoms with Crippen LogP contribution in [0.5, 0.6) is 0 Å². The second-order valence-electron chi connectivity index (χ2n) is 4.46. The van der Waals surface area contributed by atoms with Crippen LogP contribution in [0.25, 0.3) is 0 Å². The van der Waals surface area contributed by atoms with Crippen LogP contribution in [-0.4, -0.2) is 24.3 Å². The van der Waals surface area contributed by atoms with Gasteiger partial charge in [0.15, 0.2) is 0 Å². The predicted octanol–water partition coefficient (Wildman–Crippen LogP) is 1.78. The van der Waals surface area contributed by atoms with Crippen LogP contribution in [0.2, 0.25) is 0 Å². The first kappa shape index (κ1) is 11.0. The third kappa shape index (κ3) is 4.63. The molecular weight excluding hydrogens is 162 g/mol. The number of hydrogen-bond acceptors (Lipinski definition) is 2. The Morgan fingerprint density at radius 1 is 1.38 bits per heavy atom. The van der Waals surface area contributed by atoms with Crippen LogP contribution in [0.1, 0.15) is 39.5 Å². The average molecular weight is 185 g/mol. The van der Waals surface area contributed by atoms with E-state index >= 15 is 0 Å². The first-order valence-electron chi connectivity index (χ1n) is 5.62. The van der Waals surface area contributed by atoms with Crippen LogP contribution in [0, 0.1) is 11.8 Å². The van der Waals surface area contributed by atoms with Crippen molar-refractivity contribution in [3.63, 3.8) is 0 Å². The van der Waals surface area contributed by atoms with E-state index in [4.69, 9.17) is 0 Å². The molecule has 1 aliphatic carbocycles. The summed E-state index contributed by atoms with van der Waals surface area (Å²) in [6, 6.07) is 0. The summed E-state index contributed by atoms with van der Waals surface area (Å²) in [5, 5.41) is 12.9. The van der Waals surface area contributed by atoms with Crippen molar-refractivity contribution in [2.75, 3.05) is 13.1 Å². The molecule has 1 saturated carbocycles. The van der Waals surface area contributed by atoms with Gasteiger partial charge in [-0.15, -0.1) is 0 Å². The molecule has 0 spiro atoms. The van der Waals surface area contributed by atoms with Crippen molar-refractivity contribution in [2.45, 2.75) is 45.6 Å². The van der Waals surface area contributed by atoms with E-state index in [1.165, 1.54) is 25.7 Å². The van der Waals surface area contributed by atoms with Gasteiger partial charge in [0.1, 0.15) is 0 Å². The fourth-order valence-electron chi connectivity index (χ4n) is 1.72. The van der Waals surface area contributed by atoms with Gasteiger partial charge in [-0.3, -0.25) is 0 Å². The molecule has 2 unspecified atom stereocenters. The molecule has 0 aromatic heterocycles. The van der Waals surface area contributed by atoms with Crippen molar-refractivity contribution in [1.29, 1.82) is 0 Å².